The molecule has 1 aliphatic carbocycles. The number of hydrogen-bond donors (Lipinski definition) is 3. The van der Waals surface area contributed by atoms with Crippen LogP contribution in [0.1, 0.15) is 50.2 Å². The second-order valence-electron chi connectivity index (χ2n) is 6.48. The molecule has 0 aliphatic heterocycles. The lowest BCUT2D eigenvalue weighted by Crippen LogP contribution is -2.49. The molecule has 1 unspecified atom stereocenters. The van der Waals surface area contributed by atoms with Gasteiger partial charge < -0.3 is 10.6 Å². The Bertz CT molecular complexity index is 565. The first kappa shape index (κ1) is 17.3. The third-order valence-corrected chi connectivity index (χ3v) is 4.32. The Morgan fingerprint density at radius 3 is 2.48 bits per heavy atom. The minimum absolute atomic E-state index is 0.194. The summed E-state index contributed by atoms with van der Waals surface area (Å²) in [6, 6.07) is 5.33. The Hall–Kier alpha value is -2.04. The molecule has 2 rings (SSSR count). The highest BCUT2D eigenvalue weighted by Gasteiger charge is 2.19. The van der Waals surface area contributed by atoms with E-state index < -0.39 is 12.1 Å². The summed E-state index contributed by atoms with van der Waals surface area (Å²) in [4.78, 5) is 24.1. The molecule has 0 aromatic heterocycles. The van der Waals surface area contributed by atoms with Gasteiger partial charge in [-0.05, 0) is 45.2 Å². The van der Waals surface area contributed by atoms with Crippen LogP contribution in [0.4, 0.5) is 10.5 Å². The van der Waals surface area contributed by atoms with Gasteiger partial charge in [-0.25, -0.2) is 4.79 Å². The highest BCUT2D eigenvalue weighted by atomic mass is 16.2. The van der Waals surface area contributed by atoms with Crippen molar-refractivity contribution >= 4 is 17.6 Å². The van der Waals surface area contributed by atoms with Gasteiger partial charge in [-0.2, -0.15) is 0 Å². The second-order valence-corrected chi connectivity index (χ2v) is 6.48. The molecule has 5 nitrogen and oxygen atoms in total. The molecule has 23 heavy (non-hydrogen) atoms. The molecule has 1 aliphatic rings. The molecular formula is C18H27N3O2. The summed E-state index contributed by atoms with van der Waals surface area (Å²) in [5, 5.41) is 8.47. The van der Waals surface area contributed by atoms with Gasteiger partial charge in [0.1, 0.15) is 6.04 Å². The van der Waals surface area contributed by atoms with Crippen LogP contribution >= 0.6 is 0 Å². The number of amides is 3. The number of benzene rings is 1. The summed E-state index contributed by atoms with van der Waals surface area (Å²) in [7, 11) is 0. The summed E-state index contributed by atoms with van der Waals surface area (Å²) in [5.74, 6) is -0.321. The van der Waals surface area contributed by atoms with E-state index in [4.69, 9.17) is 0 Å². The van der Waals surface area contributed by atoms with Crippen molar-refractivity contribution in [1.82, 2.24) is 10.6 Å². The molecule has 0 saturated heterocycles. The molecule has 126 valence electrons. The Labute approximate surface area is 138 Å². The highest BCUT2D eigenvalue weighted by molar-refractivity contribution is 5.98. The first-order chi connectivity index (χ1) is 11.0. The van der Waals surface area contributed by atoms with Crippen LogP contribution < -0.4 is 16.0 Å². The van der Waals surface area contributed by atoms with E-state index in [0.717, 1.165) is 36.9 Å². The molecule has 3 N–H and O–H groups in total. The van der Waals surface area contributed by atoms with E-state index in [-0.39, 0.29) is 11.9 Å². The number of carbonyl (C=O) groups is 2. The molecule has 1 atom stereocenters. The van der Waals surface area contributed by atoms with E-state index in [1.807, 2.05) is 26.0 Å². The lowest BCUT2D eigenvalue weighted by Gasteiger charge is -2.23. The molecule has 1 fully saturated rings. The first-order valence-electron chi connectivity index (χ1n) is 8.41. The van der Waals surface area contributed by atoms with Crippen LogP contribution in [0.2, 0.25) is 0 Å². The van der Waals surface area contributed by atoms with Gasteiger partial charge >= 0.3 is 6.03 Å². The van der Waals surface area contributed by atoms with Crippen LogP contribution in [0.3, 0.4) is 0 Å². The van der Waals surface area contributed by atoms with Gasteiger partial charge in [0, 0.05) is 11.7 Å². The maximum Gasteiger partial charge on any atom is 0.321 e. The Balaban J connectivity index is 1.83. The Kier molecular flexibility index (Phi) is 6.02. The van der Waals surface area contributed by atoms with Crippen molar-refractivity contribution in [3.63, 3.8) is 0 Å². The van der Waals surface area contributed by atoms with E-state index in [1.54, 1.807) is 6.92 Å². The monoisotopic (exact) mass is 317 g/mol. The number of aryl methyl sites for hydroxylation is 2. The number of urea groups is 1. The fourth-order valence-corrected chi connectivity index (χ4v) is 2.96. The third-order valence-electron chi connectivity index (χ3n) is 4.32. The standard InChI is InChI=1S/C18H27N3O2/c1-12-9-10-16(13(2)11-12)19-14(3)17(22)21-18(23)20-15-7-5-4-6-8-15/h9-11,14-15,19H,4-8H2,1-3H3,(H2,20,21,22,23). The number of hydrogen-bond acceptors (Lipinski definition) is 3. The van der Waals surface area contributed by atoms with Gasteiger partial charge in [-0.15, -0.1) is 0 Å². The minimum Gasteiger partial charge on any atom is -0.374 e. The van der Waals surface area contributed by atoms with Crippen LogP contribution in [-0.4, -0.2) is 24.0 Å². The van der Waals surface area contributed by atoms with Crippen molar-refractivity contribution in [2.45, 2.75) is 65.0 Å². The first-order valence-corrected chi connectivity index (χ1v) is 8.41. The predicted molar refractivity (Wildman–Crippen MR) is 92.5 cm³/mol. The zero-order valence-corrected chi connectivity index (χ0v) is 14.2. The Morgan fingerprint density at radius 1 is 1.13 bits per heavy atom. The van der Waals surface area contributed by atoms with Crippen molar-refractivity contribution in [1.29, 1.82) is 0 Å². The van der Waals surface area contributed by atoms with E-state index in [9.17, 15) is 9.59 Å². The van der Waals surface area contributed by atoms with Crippen molar-refractivity contribution < 1.29 is 9.59 Å². The fourth-order valence-electron chi connectivity index (χ4n) is 2.96. The number of rotatable bonds is 4. The number of imide groups is 1. The minimum atomic E-state index is -0.478. The molecule has 3 amide bonds. The maximum atomic E-state index is 12.1. The van der Waals surface area contributed by atoms with Crippen molar-refractivity contribution in [2.75, 3.05) is 5.32 Å². The van der Waals surface area contributed by atoms with Crippen LogP contribution in [0.15, 0.2) is 18.2 Å². The molecule has 0 radical (unpaired) electrons. The predicted octanol–water partition coefficient (Wildman–Crippen LogP) is 3.26. The van der Waals surface area contributed by atoms with E-state index >= 15 is 0 Å². The van der Waals surface area contributed by atoms with E-state index in [1.165, 1.54) is 12.0 Å². The number of carbonyl (C=O) groups excluding carboxylic acids is 2. The molecule has 1 aromatic rings. The summed E-state index contributed by atoms with van der Waals surface area (Å²) >= 11 is 0. The van der Waals surface area contributed by atoms with Crippen LogP contribution in [-0.2, 0) is 4.79 Å². The molecule has 0 bridgehead atoms. The third kappa shape index (κ3) is 5.27. The number of anilines is 1. The van der Waals surface area contributed by atoms with Gasteiger partial charge in [0.2, 0.25) is 5.91 Å². The molecule has 1 saturated carbocycles. The largest absolute Gasteiger partial charge is 0.374 e. The van der Waals surface area contributed by atoms with Gasteiger partial charge in [0.15, 0.2) is 0 Å². The summed E-state index contributed by atoms with van der Waals surface area (Å²) in [6.07, 6.45) is 5.51. The van der Waals surface area contributed by atoms with Gasteiger partial charge in [-0.3, -0.25) is 10.1 Å². The summed E-state index contributed by atoms with van der Waals surface area (Å²) < 4.78 is 0. The summed E-state index contributed by atoms with van der Waals surface area (Å²) in [5.41, 5.74) is 3.17. The van der Waals surface area contributed by atoms with Crippen LogP contribution in [0, 0.1) is 13.8 Å². The SMILES string of the molecule is Cc1ccc(NC(C)C(=O)NC(=O)NC2CCCCC2)c(C)c1. The van der Waals surface area contributed by atoms with Gasteiger partial charge in [0.25, 0.3) is 0 Å². The average molecular weight is 317 g/mol. The van der Waals surface area contributed by atoms with E-state index in [0.29, 0.717) is 0 Å². The molecule has 0 spiro atoms. The second kappa shape index (κ2) is 7.99. The van der Waals surface area contributed by atoms with Crippen molar-refractivity contribution in [2.24, 2.45) is 0 Å². The maximum absolute atomic E-state index is 12.1. The zero-order valence-electron chi connectivity index (χ0n) is 14.2. The molecule has 5 heteroatoms. The fraction of sp³-hybridized carbons (Fsp3) is 0.556. The van der Waals surface area contributed by atoms with Crippen LogP contribution in [0.5, 0.6) is 0 Å². The van der Waals surface area contributed by atoms with Crippen LogP contribution in [0.25, 0.3) is 0 Å². The van der Waals surface area contributed by atoms with Crippen molar-refractivity contribution in [3.8, 4) is 0 Å². The summed E-state index contributed by atoms with van der Waals surface area (Å²) in [6.45, 7) is 5.78. The molecular weight excluding hydrogens is 290 g/mol. The highest BCUT2D eigenvalue weighted by Crippen LogP contribution is 2.18. The quantitative estimate of drug-likeness (QED) is 0.798. The zero-order chi connectivity index (χ0) is 16.8. The van der Waals surface area contributed by atoms with E-state index in [2.05, 4.69) is 22.0 Å². The Morgan fingerprint density at radius 2 is 1.83 bits per heavy atom. The average Bonchev–Trinajstić information content (AvgIpc) is 2.50. The lowest BCUT2D eigenvalue weighted by molar-refractivity contribution is -0.120. The molecule has 0 heterocycles. The lowest BCUT2D eigenvalue weighted by atomic mass is 9.96. The van der Waals surface area contributed by atoms with Crippen molar-refractivity contribution in [3.05, 3.63) is 29.3 Å². The van der Waals surface area contributed by atoms with Gasteiger partial charge in [-0.1, -0.05) is 37.0 Å². The van der Waals surface area contributed by atoms with Gasteiger partial charge in [0.05, 0.1) is 0 Å². The molecule has 1 aromatic carbocycles. The number of nitrogens with one attached hydrogen (secondary N) is 3. The normalized spacial score (nSPS) is 16.5. The smallest absolute Gasteiger partial charge is 0.321 e. The topological polar surface area (TPSA) is 70.2 Å².